The lowest BCUT2D eigenvalue weighted by atomic mass is 9.93. The SMILES string of the molecule is NC1COCc2c(-c3ccc4c(c3)CC(=O)N4)cncc21. The molecule has 1 amide bonds. The number of ether oxygens (including phenoxy) is 1. The molecule has 2 aliphatic rings. The molecule has 0 spiro atoms. The highest BCUT2D eigenvalue weighted by Crippen LogP contribution is 2.34. The van der Waals surface area contributed by atoms with Gasteiger partial charge in [0.05, 0.1) is 25.7 Å². The van der Waals surface area contributed by atoms with Crippen molar-refractivity contribution >= 4 is 11.6 Å². The van der Waals surface area contributed by atoms with Crippen molar-refractivity contribution < 1.29 is 9.53 Å². The summed E-state index contributed by atoms with van der Waals surface area (Å²) in [7, 11) is 0. The summed E-state index contributed by atoms with van der Waals surface area (Å²) in [4.78, 5) is 15.8. The van der Waals surface area contributed by atoms with Crippen molar-refractivity contribution in [2.45, 2.75) is 19.1 Å². The number of hydrogen-bond donors (Lipinski definition) is 2. The smallest absolute Gasteiger partial charge is 0.228 e. The minimum Gasteiger partial charge on any atom is -0.375 e. The fourth-order valence-corrected chi connectivity index (χ4v) is 3.01. The summed E-state index contributed by atoms with van der Waals surface area (Å²) in [5.74, 6) is 0.0423. The van der Waals surface area contributed by atoms with E-state index in [0.717, 1.165) is 33.5 Å². The standard InChI is InChI=1S/C16H15N3O2/c17-14-8-21-7-13-11(5-18-6-12(13)14)9-1-2-15-10(3-9)4-16(20)19-15/h1-3,5-6,14H,4,7-8,17H2,(H,19,20). The van der Waals surface area contributed by atoms with Gasteiger partial charge in [-0.25, -0.2) is 0 Å². The van der Waals surface area contributed by atoms with Crippen molar-refractivity contribution in [3.05, 3.63) is 47.3 Å². The minimum atomic E-state index is -0.126. The van der Waals surface area contributed by atoms with Crippen LogP contribution in [0.25, 0.3) is 11.1 Å². The zero-order valence-electron chi connectivity index (χ0n) is 11.4. The third-order valence-corrected chi connectivity index (χ3v) is 4.08. The Kier molecular flexibility index (Phi) is 2.77. The van der Waals surface area contributed by atoms with Crippen LogP contribution >= 0.6 is 0 Å². The Labute approximate surface area is 122 Å². The first-order valence-electron chi connectivity index (χ1n) is 6.95. The average Bonchev–Trinajstić information content (AvgIpc) is 2.86. The van der Waals surface area contributed by atoms with Crippen molar-refractivity contribution in [1.29, 1.82) is 0 Å². The highest BCUT2D eigenvalue weighted by molar-refractivity contribution is 5.99. The summed E-state index contributed by atoms with van der Waals surface area (Å²) in [6, 6.07) is 5.87. The quantitative estimate of drug-likeness (QED) is 0.835. The molecule has 21 heavy (non-hydrogen) atoms. The van der Waals surface area contributed by atoms with Gasteiger partial charge in [0, 0.05) is 23.6 Å². The zero-order chi connectivity index (χ0) is 14.4. The van der Waals surface area contributed by atoms with Gasteiger partial charge in [-0.2, -0.15) is 0 Å². The summed E-state index contributed by atoms with van der Waals surface area (Å²) in [6.45, 7) is 1.08. The summed E-state index contributed by atoms with van der Waals surface area (Å²) in [5, 5.41) is 2.85. The van der Waals surface area contributed by atoms with E-state index in [9.17, 15) is 4.79 Å². The second-order valence-corrected chi connectivity index (χ2v) is 5.47. The fourth-order valence-electron chi connectivity index (χ4n) is 3.01. The van der Waals surface area contributed by atoms with Gasteiger partial charge < -0.3 is 15.8 Å². The van der Waals surface area contributed by atoms with E-state index in [2.05, 4.69) is 10.3 Å². The maximum Gasteiger partial charge on any atom is 0.228 e. The van der Waals surface area contributed by atoms with E-state index in [1.54, 1.807) is 0 Å². The molecule has 5 nitrogen and oxygen atoms in total. The molecule has 0 saturated carbocycles. The topological polar surface area (TPSA) is 77.2 Å². The molecule has 0 radical (unpaired) electrons. The molecule has 2 aliphatic heterocycles. The van der Waals surface area contributed by atoms with Gasteiger partial charge in [-0.05, 0) is 34.4 Å². The van der Waals surface area contributed by atoms with Crippen molar-refractivity contribution in [3.63, 3.8) is 0 Å². The number of benzene rings is 1. The second kappa shape index (κ2) is 4.65. The number of amides is 1. The van der Waals surface area contributed by atoms with E-state index in [1.165, 1.54) is 0 Å². The summed E-state index contributed by atoms with van der Waals surface area (Å²) >= 11 is 0. The van der Waals surface area contributed by atoms with Gasteiger partial charge in [0.25, 0.3) is 0 Å². The molecule has 1 atom stereocenters. The van der Waals surface area contributed by atoms with Crippen molar-refractivity contribution in [1.82, 2.24) is 4.98 Å². The molecule has 3 heterocycles. The van der Waals surface area contributed by atoms with E-state index in [-0.39, 0.29) is 11.9 Å². The van der Waals surface area contributed by atoms with Crippen LogP contribution < -0.4 is 11.1 Å². The van der Waals surface area contributed by atoms with Gasteiger partial charge in [0.1, 0.15) is 0 Å². The molecule has 5 heteroatoms. The third kappa shape index (κ3) is 2.02. The second-order valence-electron chi connectivity index (χ2n) is 5.47. The number of hydrogen-bond acceptors (Lipinski definition) is 4. The molecule has 4 rings (SSSR count). The summed E-state index contributed by atoms with van der Waals surface area (Å²) < 4.78 is 5.56. The van der Waals surface area contributed by atoms with Gasteiger partial charge in [0.2, 0.25) is 5.91 Å². The summed E-state index contributed by atoms with van der Waals surface area (Å²) in [6.07, 6.45) is 4.10. The first kappa shape index (κ1) is 12.5. The van der Waals surface area contributed by atoms with Crippen LogP contribution in [0.2, 0.25) is 0 Å². The Bertz CT molecular complexity index is 742. The van der Waals surface area contributed by atoms with E-state index < -0.39 is 0 Å². The number of anilines is 1. The molecule has 0 fully saturated rings. The van der Waals surface area contributed by atoms with Crippen LogP contribution in [-0.2, 0) is 22.6 Å². The lowest BCUT2D eigenvalue weighted by molar-refractivity contribution is -0.115. The molecule has 0 saturated heterocycles. The lowest BCUT2D eigenvalue weighted by Crippen LogP contribution is -2.24. The Morgan fingerprint density at radius 1 is 1.33 bits per heavy atom. The molecular formula is C16H15N3O2. The van der Waals surface area contributed by atoms with E-state index in [0.29, 0.717) is 19.6 Å². The molecule has 106 valence electrons. The molecular weight excluding hydrogens is 266 g/mol. The number of nitrogens with zero attached hydrogens (tertiary/aromatic N) is 1. The van der Waals surface area contributed by atoms with Crippen molar-refractivity contribution in [2.75, 3.05) is 11.9 Å². The zero-order valence-corrected chi connectivity index (χ0v) is 11.4. The normalized spacial score (nSPS) is 19.9. The highest BCUT2D eigenvalue weighted by atomic mass is 16.5. The Balaban J connectivity index is 1.83. The first-order valence-corrected chi connectivity index (χ1v) is 6.95. The van der Waals surface area contributed by atoms with E-state index >= 15 is 0 Å². The average molecular weight is 281 g/mol. The number of pyridine rings is 1. The number of rotatable bonds is 1. The predicted molar refractivity (Wildman–Crippen MR) is 78.6 cm³/mol. The summed E-state index contributed by atoms with van der Waals surface area (Å²) in [5.41, 5.74) is 12.2. The number of aromatic nitrogens is 1. The van der Waals surface area contributed by atoms with Crippen molar-refractivity contribution in [3.8, 4) is 11.1 Å². The molecule has 0 bridgehead atoms. The predicted octanol–water partition coefficient (Wildman–Crippen LogP) is 1.77. The van der Waals surface area contributed by atoms with E-state index in [1.807, 2.05) is 30.6 Å². The number of carbonyl (C=O) groups excluding carboxylic acids is 1. The lowest BCUT2D eigenvalue weighted by Gasteiger charge is -2.24. The molecule has 2 aromatic rings. The molecule has 1 aromatic heterocycles. The van der Waals surface area contributed by atoms with Crippen LogP contribution in [-0.4, -0.2) is 17.5 Å². The molecule has 1 aromatic carbocycles. The molecule has 3 N–H and O–H groups in total. The number of carbonyl (C=O) groups is 1. The van der Waals surface area contributed by atoms with Gasteiger partial charge in [-0.3, -0.25) is 9.78 Å². The van der Waals surface area contributed by atoms with Crippen LogP contribution in [0.5, 0.6) is 0 Å². The van der Waals surface area contributed by atoms with Crippen LogP contribution in [0.3, 0.4) is 0 Å². The van der Waals surface area contributed by atoms with Gasteiger partial charge in [0.15, 0.2) is 0 Å². The Hall–Kier alpha value is -2.24. The largest absolute Gasteiger partial charge is 0.375 e. The van der Waals surface area contributed by atoms with Crippen LogP contribution in [0.1, 0.15) is 22.7 Å². The molecule has 0 aliphatic carbocycles. The number of nitrogens with two attached hydrogens (primary N) is 1. The minimum absolute atomic E-state index is 0.0423. The first-order chi connectivity index (χ1) is 10.2. The van der Waals surface area contributed by atoms with Gasteiger partial charge in [-0.15, -0.1) is 0 Å². The van der Waals surface area contributed by atoms with Crippen LogP contribution in [0.15, 0.2) is 30.6 Å². The number of fused-ring (bicyclic) bond motifs is 2. The maximum atomic E-state index is 11.5. The van der Waals surface area contributed by atoms with Gasteiger partial charge in [-0.1, -0.05) is 6.07 Å². The van der Waals surface area contributed by atoms with E-state index in [4.69, 9.17) is 10.5 Å². The highest BCUT2D eigenvalue weighted by Gasteiger charge is 2.23. The van der Waals surface area contributed by atoms with Crippen LogP contribution in [0, 0.1) is 0 Å². The van der Waals surface area contributed by atoms with Crippen LogP contribution in [0.4, 0.5) is 5.69 Å². The van der Waals surface area contributed by atoms with Gasteiger partial charge >= 0.3 is 0 Å². The number of nitrogens with one attached hydrogen (secondary N) is 1. The molecule has 1 unspecified atom stereocenters. The third-order valence-electron chi connectivity index (χ3n) is 4.08. The monoisotopic (exact) mass is 281 g/mol. The fraction of sp³-hybridized carbons (Fsp3) is 0.250. The van der Waals surface area contributed by atoms with Crippen molar-refractivity contribution in [2.24, 2.45) is 5.73 Å². The Morgan fingerprint density at radius 3 is 3.14 bits per heavy atom. The Morgan fingerprint density at radius 2 is 2.24 bits per heavy atom. The maximum absolute atomic E-state index is 11.5.